The van der Waals surface area contributed by atoms with Crippen LogP contribution in [0.1, 0.15) is 70.2 Å². The molecule has 2 aliphatic carbocycles. The molecule has 27 heavy (non-hydrogen) atoms. The van der Waals surface area contributed by atoms with Crippen LogP contribution >= 0.6 is 0 Å². The highest BCUT2D eigenvalue weighted by Crippen LogP contribution is 2.54. The van der Waals surface area contributed by atoms with Crippen LogP contribution < -0.4 is 5.32 Å². The van der Waals surface area contributed by atoms with Crippen LogP contribution in [0.25, 0.3) is 0 Å². The minimum Gasteiger partial charge on any atom is -0.385 e. The molecule has 2 aliphatic rings. The van der Waals surface area contributed by atoms with Crippen molar-refractivity contribution in [3.63, 3.8) is 0 Å². The molecule has 1 aromatic carbocycles. The Morgan fingerprint density at radius 2 is 2.00 bits per heavy atom. The fourth-order valence-corrected chi connectivity index (χ4v) is 4.23. The predicted octanol–water partition coefficient (Wildman–Crippen LogP) is 5.69. The van der Waals surface area contributed by atoms with Gasteiger partial charge in [-0.2, -0.15) is 13.8 Å². The van der Waals surface area contributed by atoms with E-state index in [2.05, 4.69) is 58.1 Å². The van der Waals surface area contributed by atoms with Crippen molar-refractivity contribution in [2.24, 2.45) is 5.92 Å². The van der Waals surface area contributed by atoms with E-state index >= 15 is 0 Å². The molecular formula is C21H29F2N3O. The Labute approximate surface area is 159 Å². The van der Waals surface area contributed by atoms with Crippen molar-refractivity contribution in [2.45, 2.75) is 70.6 Å². The van der Waals surface area contributed by atoms with Crippen LogP contribution in [-0.4, -0.2) is 16.7 Å². The Balaban J connectivity index is 0.000000168. The van der Waals surface area contributed by atoms with E-state index in [0.717, 1.165) is 45.1 Å². The van der Waals surface area contributed by atoms with Crippen molar-refractivity contribution >= 4 is 5.69 Å². The largest absolute Gasteiger partial charge is 0.385 e. The van der Waals surface area contributed by atoms with Gasteiger partial charge in [-0.3, -0.25) is 0 Å². The number of halogens is 2. The minimum atomic E-state index is -3.03. The number of alkyl halides is 2. The number of nitrogens with zero attached hydrogens (tertiary/aromatic N) is 2. The van der Waals surface area contributed by atoms with Gasteiger partial charge in [0.25, 0.3) is 5.89 Å². The molecule has 6 heteroatoms. The fourth-order valence-electron chi connectivity index (χ4n) is 4.23. The molecule has 0 unspecified atom stereocenters. The topological polar surface area (TPSA) is 51.0 Å². The molecule has 2 fully saturated rings. The maximum atomic E-state index is 13.0. The van der Waals surface area contributed by atoms with Crippen LogP contribution in [0.5, 0.6) is 0 Å². The van der Waals surface area contributed by atoms with Crippen molar-refractivity contribution in [3.8, 4) is 0 Å². The highest BCUT2D eigenvalue weighted by molar-refractivity contribution is 5.45. The highest BCUT2D eigenvalue weighted by Gasteiger charge is 2.49. The van der Waals surface area contributed by atoms with Crippen LogP contribution in [-0.2, 0) is 17.8 Å². The summed E-state index contributed by atoms with van der Waals surface area (Å²) >= 11 is 0. The molecule has 1 aromatic heterocycles. The molecule has 4 rings (SSSR count). The van der Waals surface area contributed by atoms with Crippen LogP contribution in [0.3, 0.4) is 0 Å². The molecule has 2 saturated carbocycles. The third-order valence-corrected chi connectivity index (χ3v) is 5.73. The molecule has 0 saturated heterocycles. The lowest BCUT2D eigenvalue weighted by Gasteiger charge is -2.21. The van der Waals surface area contributed by atoms with Crippen molar-refractivity contribution in [2.75, 3.05) is 11.9 Å². The average molecular weight is 377 g/mol. The van der Waals surface area contributed by atoms with Gasteiger partial charge in [-0.25, -0.2) is 0 Å². The Morgan fingerprint density at radius 3 is 2.52 bits per heavy atom. The summed E-state index contributed by atoms with van der Waals surface area (Å²) in [6.45, 7) is 6.06. The number of hydrogen-bond donors (Lipinski definition) is 1. The van der Waals surface area contributed by atoms with E-state index in [0.29, 0.717) is 5.82 Å². The predicted molar refractivity (Wildman–Crippen MR) is 102 cm³/mol. The lowest BCUT2D eigenvalue weighted by atomic mass is 9.83. The molecule has 0 aliphatic heterocycles. The molecule has 4 nitrogen and oxygen atoms in total. The molecule has 1 N–H and O–H groups in total. The van der Waals surface area contributed by atoms with Gasteiger partial charge < -0.3 is 9.84 Å². The number of anilines is 1. The Morgan fingerprint density at radius 1 is 1.26 bits per heavy atom. The monoisotopic (exact) mass is 377 g/mol. The van der Waals surface area contributed by atoms with E-state index < -0.39 is 11.8 Å². The molecular weight excluding hydrogens is 348 g/mol. The lowest BCUT2D eigenvalue weighted by Crippen LogP contribution is -2.21. The maximum Gasteiger partial charge on any atom is 0.322 e. The molecule has 2 bridgehead atoms. The second kappa shape index (κ2) is 7.95. The summed E-state index contributed by atoms with van der Waals surface area (Å²) < 4.78 is 30.7. The van der Waals surface area contributed by atoms with Crippen molar-refractivity contribution in [3.05, 3.63) is 41.5 Å². The number of benzene rings is 1. The summed E-state index contributed by atoms with van der Waals surface area (Å²) in [6, 6.07) is 8.55. The number of aryl methyl sites for hydroxylation is 1. The molecule has 0 radical (unpaired) electrons. The SMILES string of the molecule is CC(F)(F)c1nc(C23CCC(CC2)C3)no1.CCNc1cccc(CC)c1. The van der Waals surface area contributed by atoms with Gasteiger partial charge in [-0.05, 0) is 69.1 Å². The number of rotatable bonds is 5. The zero-order chi connectivity index (χ0) is 19.5. The molecule has 1 heterocycles. The van der Waals surface area contributed by atoms with Gasteiger partial charge in [-0.1, -0.05) is 24.2 Å². The summed E-state index contributed by atoms with van der Waals surface area (Å²) in [5.74, 6) is -2.33. The lowest BCUT2D eigenvalue weighted by molar-refractivity contribution is -0.0158. The van der Waals surface area contributed by atoms with E-state index in [1.54, 1.807) is 0 Å². The third kappa shape index (κ3) is 4.47. The maximum absolute atomic E-state index is 13.0. The summed E-state index contributed by atoms with van der Waals surface area (Å²) in [7, 11) is 0. The summed E-state index contributed by atoms with van der Waals surface area (Å²) in [4.78, 5) is 3.91. The molecule has 148 valence electrons. The first-order chi connectivity index (χ1) is 12.9. The van der Waals surface area contributed by atoms with Gasteiger partial charge in [0, 0.05) is 24.6 Å². The second-order valence-electron chi connectivity index (χ2n) is 7.82. The summed E-state index contributed by atoms with van der Waals surface area (Å²) in [5.41, 5.74) is 2.56. The number of fused-ring (bicyclic) bond motifs is 2. The number of aromatic nitrogens is 2. The average Bonchev–Trinajstić information content (AvgIpc) is 3.38. The zero-order valence-electron chi connectivity index (χ0n) is 16.4. The van der Waals surface area contributed by atoms with E-state index in [9.17, 15) is 8.78 Å². The number of hydrogen-bond acceptors (Lipinski definition) is 4. The van der Waals surface area contributed by atoms with Gasteiger partial charge in [0.05, 0.1) is 0 Å². The van der Waals surface area contributed by atoms with E-state index in [4.69, 9.17) is 0 Å². The van der Waals surface area contributed by atoms with Crippen molar-refractivity contribution in [1.29, 1.82) is 0 Å². The van der Waals surface area contributed by atoms with Crippen LogP contribution in [0.15, 0.2) is 28.8 Å². The fraction of sp³-hybridized carbons (Fsp3) is 0.619. The van der Waals surface area contributed by atoms with Gasteiger partial charge in [0.1, 0.15) is 0 Å². The first kappa shape index (κ1) is 19.8. The third-order valence-electron chi connectivity index (χ3n) is 5.73. The molecule has 2 aromatic rings. The Kier molecular flexibility index (Phi) is 5.82. The van der Waals surface area contributed by atoms with Crippen LogP contribution in [0, 0.1) is 5.92 Å². The quantitative estimate of drug-likeness (QED) is 0.727. The smallest absolute Gasteiger partial charge is 0.322 e. The normalized spacial score (nSPS) is 23.8. The Bertz CT molecular complexity index is 746. The minimum absolute atomic E-state index is 0.0579. The Hall–Kier alpha value is -1.98. The van der Waals surface area contributed by atoms with Gasteiger partial charge in [0.2, 0.25) is 0 Å². The van der Waals surface area contributed by atoms with E-state index in [-0.39, 0.29) is 5.41 Å². The molecule has 0 atom stereocenters. The van der Waals surface area contributed by atoms with Crippen molar-refractivity contribution < 1.29 is 13.3 Å². The van der Waals surface area contributed by atoms with Crippen molar-refractivity contribution in [1.82, 2.24) is 10.1 Å². The summed E-state index contributed by atoms with van der Waals surface area (Å²) in [5, 5.41) is 7.05. The standard InChI is InChI=1S/C11H14F2N2O.C10H15N/c1-10(12,13)9-14-8(15-16-9)11-4-2-7(6-11)3-5-11;1-3-9-6-5-7-10(8-9)11-4-2/h7H,2-6H2,1H3;5-8,11H,3-4H2,1-2H3. The second-order valence-corrected chi connectivity index (χ2v) is 7.82. The molecule has 0 amide bonds. The van der Waals surface area contributed by atoms with Gasteiger partial charge in [-0.15, -0.1) is 0 Å². The molecule has 0 spiro atoms. The van der Waals surface area contributed by atoms with E-state index in [1.807, 2.05) is 0 Å². The van der Waals surface area contributed by atoms with E-state index in [1.165, 1.54) is 24.1 Å². The zero-order valence-corrected chi connectivity index (χ0v) is 16.4. The highest BCUT2D eigenvalue weighted by atomic mass is 19.3. The first-order valence-electron chi connectivity index (χ1n) is 9.91. The first-order valence-corrected chi connectivity index (χ1v) is 9.91. The van der Waals surface area contributed by atoms with Gasteiger partial charge >= 0.3 is 5.92 Å². The summed E-state index contributed by atoms with van der Waals surface area (Å²) in [6.07, 6.45) is 6.54. The van der Waals surface area contributed by atoms with Crippen LogP contribution in [0.4, 0.5) is 14.5 Å². The van der Waals surface area contributed by atoms with Gasteiger partial charge in [0.15, 0.2) is 5.82 Å². The number of nitrogens with one attached hydrogen (secondary N) is 1. The van der Waals surface area contributed by atoms with Crippen LogP contribution in [0.2, 0.25) is 0 Å².